The molecule has 4 nitrogen and oxygen atoms in total. The van der Waals surface area contributed by atoms with Crippen LogP contribution in [0.5, 0.6) is 5.75 Å². The minimum Gasteiger partial charge on any atom is -0.489 e. The van der Waals surface area contributed by atoms with Crippen molar-refractivity contribution in [2.24, 2.45) is 0 Å². The molecule has 1 unspecified atom stereocenters. The Bertz CT molecular complexity index is 502. The molecule has 1 aliphatic carbocycles. The van der Waals surface area contributed by atoms with E-state index in [1.54, 1.807) is 6.92 Å². The molecule has 2 rings (SSSR count). The Morgan fingerprint density at radius 3 is 2.80 bits per heavy atom. The largest absolute Gasteiger partial charge is 0.489 e. The molecule has 1 aromatic carbocycles. The molecule has 110 valence electrons. The minimum absolute atomic E-state index is 0.0462. The summed E-state index contributed by atoms with van der Waals surface area (Å²) in [6.07, 6.45) is 1.40. The fourth-order valence-corrected chi connectivity index (χ4v) is 2.45. The van der Waals surface area contributed by atoms with Crippen LogP contribution in [0.4, 0.5) is 4.39 Å². The van der Waals surface area contributed by atoms with E-state index in [-0.39, 0.29) is 18.3 Å². The first-order valence-corrected chi connectivity index (χ1v) is 7.32. The van der Waals surface area contributed by atoms with Crippen LogP contribution in [-0.2, 0) is 9.53 Å². The summed E-state index contributed by atoms with van der Waals surface area (Å²) in [6, 6.07) is 2.34. The van der Waals surface area contributed by atoms with Crippen molar-refractivity contribution in [2.45, 2.75) is 38.4 Å². The Labute approximate surface area is 125 Å². The topological polar surface area (TPSA) is 55.8 Å². The highest BCUT2D eigenvalue weighted by molar-refractivity contribution is 9.10. The summed E-state index contributed by atoms with van der Waals surface area (Å²) in [7, 11) is 0. The van der Waals surface area contributed by atoms with Crippen molar-refractivity contribution in [1.82, 2.24) is 0 Å². The van der Waals surface area contributed by atoms with Crippen molar-refractivity contribution in [3.8, 4) is 5.75 Å². The SMILES string of the molecule is CCOC(=O)C(O)c1cc(F)cc(Br)c1OC1CCC1. The van der Waals surface area contributed by atoms with Gasteiger partial charge in [0.25, 0.3) is 0 Å². The highest BCUT2D eigenvalue weighted by atomic mass is 79.9. The van der Waals surface area contributed by atoms with Gasteiger partial charge in [0.15, 0.2) is 6.10 Å². The summed E-state index contributed by atoms with van der Waals surface area (Å²) in [5, 5.41) is 10.0. The summed E-state index contributed by atoms with van der Waals surface area (Å²) in [5.74, 6) is -1.07. The third kappa shape index (κ3) is 3.30. The van der Waals surface area contributed by atoms with Gasteiger partial charge in [-0.15, -0.1) is 0 Å². The maximum absolute atomic E-state index is 13.5. The van der Waals surface area contributed by atoms with Crippen LogP contribution >= 0.6 is 15.9 Å². The summed E-state index contributed by atoms with van der Waals surface area (Å²) in [4.78, 5) is 11.6. The summed E-state index contributed by atoms with van der Waals surface area (Å²) in [5.41, 5.74) is 0.0854. The Morgan fingerprint density at radius 2 is 2.25 bits per heavy atom. The van der Waals surface area contributed by atoms with Crippen LogP contribution in [0.15, 0.2) is 16.6 Å². The highest BCUT2D eigenvalue weighted by Gasteiger charge is 2.28. The molecule has 0 heterocycles. The lowest BCUT2D eigenvalue weighted by atomic mass is 9.96. The van der Waals surface area contributed by atoms with Gasteiger partial charge in [-0.1, -0.05) is 0 Å². The first-order chi connectivity index (χ1) is 9.52. The number of hydrogen-bond donors (Lipinski definition) is 1. The van der Waals surface area contributed by atoms with Crippen molar-refractivity contribution in [3.05, 3.63) is 28.0 Å². The number of benzene rings is 1. The summed E-state index contributed by atoms with van der Waals surface area (Å²) in [6.45, 7) is 1.78. The second-order valence-corrected chi connectivity index (χ2v) is 5.49. The number of esters is 1. The third-order valence-electron chi connectivity index (χ3n) is 3.18. The fraction of sp³-hybridized carbons (Fsp3) is 0.500. The minimum atomic E-state index is -1.56. The molecular weight excluding hydrogens is 331 g/mol. The van der Waals surface area contributed by atoms with Gasteiger partial charge in [-0.2, -0.15) is 0 Å². The Morgan fingerprint density at radius 1 is 1.55 bits per heavy atom. The molecule has 1 saturated carbocycles. The van der Waals surface area contributed by atoms with E-state index < -0.39 is 17.9 Å². The molecule has 1 N–H and O–H groups in total. The van der Waals surface area contributed by atoms with E-state index in [0.29, 0.717) is 10.2 Å². The molecule has 20 heavy (non-hydrogen) atoms. The molecule has 1 atom stereocenters. The first-order valence-electron chi connectivity index (χ1n) is 6.53. The molecule has 6 heteroatoms. The van der Waals surface area contributed by atoms with Gasteiger partial charge in [-0.05, 0) is 54.2 Å². The van der Waals surface area contributed by atoms with Crippen LogP contribution < -0.4 is 4.74 Å². The van der Waals surface area contributed by atoms with Crippen molar-refractivity contribution in [3.63, 3.8) is 0 Å². The second kappa shape index (κ2) is 6.54. The number of halogens is 2. The van der Waals surface area contributed by atoms with E-state index in [2.05, 4.69) is 15.9 Å². The van der Waals surface area contributed by atoms with E-state index in [4.69, 9.17) is 9.47 Å². The number of rotatable bonds is 5. The normalized spacial score (nSPS) is 16.4. The predicted molar refractivity (Wildman–Crippen MR) is 74.0 cm³/mol. The predicted octanol–water partition coefficient (Wildman–Crippen LogP) is 3.12. The standard InChI is InChI=1S/C14H16BrFO4/c1-2-19-14(18)12(17)10-6-8(16)7-11(15)13(10)20-9-4-3-5-9/h6-7,9,12,17H,2-5H2,1H3. The van der Waals surface area contributed by atoms with E-state index in [9.17, 15) is 14.3 Å². The van der Waals surface area contributed by atoms with Crippen molar-refractivity contribution >= 4 is 21.9 Å². The molecule has 0 aliphatic heterocycles. The van der Waals surface area contributed by atoms with Crippen LogP contribution in [0.3, 0.4) is 0 Å². The van der Waals surface area contributed by atoms with Gasteiger partial charge < -0.3 is 14.6 Å². The summed E-state index contributed by atoms with van der Waals surface area (Å²) >= 11 is 3.21. The second-order valence-electron chi connectivity index (χ2n) is 4.63. The molecular formula is C14H16BrFO4. The monoisotopic (exact) mass is 346 g/mol. The van der Waals surface area contributed by atoms with Crippen LogP contribution in [0.1, 0.15) is 37.9 Å². The van der Waals surface area contributed by atoms with E-state index in [1.807, 2.05) is 0 Å². The number of aliphatic hydroxyl groups excluding tert-OH is 1. The van der Waals surface area contributed by atoms with Gasteiger partial charge >= 0.3 is 5.97 Å². The van der Waals surface area contributed by atoms with E-state index in [0.717, 1.165) is 25.3 Å². The first kappa shape index (κ1) is 15.3. The van der Waals surface area contributed by atoms with Gasteiger partial charge in [0.1, 0.15) is 11.6 Å². The maximum Gasteiger partial charge on any atom is 0.339 e. The fourth-order valence-electron chi connectivity index (χ4n) is 1.91. The summed E-state index contributed by atoms with van der Waals surface area (Å²) < 4.78 is 24.4. The smallest absolute Gasteiger partial charge is 0.339 e. The molecule has 0 spiro atoms. The van der Waals surface area contributed by atoms with E-state index in [1.165, 1.54) is 6.07 Å². The van der Waals surface area contributed by atoms with Gasteiger partial charge in [-0.3, -0.25) is 0 Å². The van der Waals surface area contributed by atoms with Crippen LogP contribution in [0.25, 0.3) is 0 Å². The molecule has 0 aromatic heterocycles. The quantitative estimate of drug-likeness (QED) is 0.832. The average molecular weight is 347 g/mol. The average Bonchev–Trinajstić information content (AvgIpc) is 2.34. The number of ether oxygens (including phenoxy) is 2. The van der Waals surface area contributed by atoms with Gasteiger partial charge in [0.2, 0.25) is 0 Å². The molecule has 1 fully saturated rings. The van der Waals surface area contributed by atoms with Crippen LogP contribution in [0.2, 0.25) is 0 Å². The van der Waals surface area contributed by atoms with Crippen molar-refractivity contribution < 1.29 is 23.8 Å². The van der Waals surface area contributed by atoms with Gasteiger partial charge in [0.05, 0.1) is 17.2 Å². The van der Waals surface area contributed by atoms with Crippen molar-refractivity contribution in [2.75, 3.05) is 6.61 Å². The molecule has 1 aromatic rings. The van der Waals surface area contributed by atoms with Crippen molar-refractivity contribution in [1.29, 1.82) is 0 Å². The molecule has 1 aliphatic rings. The van der Waals surface area contributed by atoms with E-state index >= 15 is 0 Å². The van der Waals surface area contributed by atoms with Crippen LogP contribution in [-0.4, -0.2) is 23.8 Å². The molecule has 0 saturated heterocycles. The lowest BCUT2D eigenvalue weighted by molar-refractivity contribution is -0.153. The van der Waals surface area contributed by atoms with Gasteiger partial charge in [0, 0.05) is 5.56 Å². The number of hydrogen-bond acceptors (Lipinski definition) is 4. The number of carbonyl (C=O) groups is 1. The van der Waals surface area contributed by atoms with Gasteiger partial charge in [-0.25, -0.2) is 9.18 Å². The maximum atomic E-state index is 13.5. The lowest BCUT2D eigenvalue weighted by Crippen LogP contribution is -2.26. The zero-order valence-corrected chi connectivity index (χ0v) is 12.7. The van der Waals surface area contributed by atoms with Crippen LogP contribution in [0, 0.1) is 5.82 Å². The lowest BCUT2D eigenvalue weighted by Gasteiger charge is -2.28. The zero-order valence-electron chi connectivity index (χ0n) is 11.1. The highest BCUT2D eigenvalue weighted by Crippen LogP contribution is 2.37. The molecule has 0 bridgehead atoms. The number of carbonyl (C=O) groups excluding carboxylic acids is 1. The number of aliphatic hydroxyl groups is 1. The Kier molecular flexibility index (Phi) is 4.99. The Hall–Kier alpha value is -1.14. The molecule has 0 amide bonds. The Balaban J connectivity index is 2.30. The third-order valence-corrected chi connectivity index (χ3v) is 3.77. The zero-order chi connectivity index (χ0) is 14.7. The molecule has 0 radical (unpaired) electrons.